The van der Waals surface area contributed by atoms with Crippen molar-refractivity contribution >= 4 is 16.7 Å². The van der Waals surface area contributed by atoms with Gasteiger partial charge in [-0.15, -0.1) is 0 Å². The number of aromatic amines is 1. The maximum atomic E-state index is 12.7. The van der Waals surface area contributed by atoms with E-state index in [0.717, 1.165) is 18.2 Å². The van der Waals surface area contributed by atoms with Crippen LogP contribution in [0, 0.1) is 0 Å². The number of amides is 1. The van der Waals surface area contributed by atoms with E-state index in [4.69, 9.17) is 0 Å². The van der Waals surface area contributed by atoms with Crippen molar-refractivity contribution in [3.8, 4) is 0 Å². The Balaban J connectivity index is 1.57. The number of carbonyl (C=O) groups excluding carboxylic acids is 1. The summed E-state index contributed by atoms with van der Waals surface area (Å²) in [6.07, 6.45) is 4.51. The third-order valence-corrected chi connectivity index (χ3v) is 5.53. The second kappa shape index (κ2) is 6.79. The average Bonchev–Trinajstić information content (AvgIpc) is 3.17. The van der Waals surface area contributed by atoms with Crippen molar-refractivity contribution in [3.63, 3.8) is 0 Å². The molecule has 0 bridgehead atoms. The summed E-state index contributed by atoms with van der Waals surface area (Å²) in [5.41, 5.74) is 1.36. The van der Waals surface area contributed by atoms with Gasteiger partial charge in [0.2, 0.25) is 0 Å². The molecule has 2 N–H and O–H groups in total. The van der Waals surface area contributed by atoms with E-state index in [0.29, 0.717) is 17.6 Å². The van der Waals surface area contributed by atoms with Gasteiger partial charge in [0.25, 0.3) is 11.5 Å². The van der Waals surface area contributed by atoms with Crippen LogP contribution in [0.1, 0.15) is 41.7 Å². The fourth-order valence-corrected chi connectivity index (χ4v) is 4.09. The fourth-order valence-electron chi connectivity index (χ4n) is 4.09. The van der Waals surface area contributed by atoms with Gasteiger partial charge in [-0.2, -0.15) is 0 Å². The number of pyridine rings is 1. The van der Waals surface area contributed by atoms with Crippen molar-refractivity contribution in [1.29, 1.82) is 0 Å². The molecule has 1 aliphatic carbocycles. The molecule has 3 aromatic rings. The number of hydrogen-bond acceptors (Lipinski definition) is 2. The first-order valence-corrected chi connectivity index (χ1v) is 9.14. The highest BCUT2D eigenvalue weighted by atomic mass is 16.2. The molecule has 0 aliphatic heterocycles. The van der Waals surface area contributed by atoms with E-state index in [9.17, 15) is 9.59 Å². The monoisotopic (exact) mass is 346 g/mol. The van der Waals surface area contributed by atoms with Crippen molar-refractivity contribution in [1.82, 2.24) is 10.3 Å². The summed E-state index contributed by atoms with van der Waals surface area (Å²) < 4.78 is 0. The van der Waals surface area contributed by atoms with E-state index in [-0.39, 0.29) is 16.9 Å². The van der Waals surface area contributed by atoms with E-state index < -0.39 is 0 Å². The summed E-state index contributed by atoms with van der Waals surface area (Å²) in [5.74, 6) is -0.227. The van der Waals surface area contributed by atoms with Gasteiger partial charge < -0.3 is 10.3 Å². The molecular weight excluding hydrogens is 324 g/mol. The highest BCUT2D eigenvalue weighted by molar-refractivity contribution is 5.96. The molecule has 4 nitrogen and oxygen atoms in total. The number of fused-ring (bicyclic) bond motifs is 1. The number of nitrogens with one attached hydrogen (secondary N) is 2. The minimum absolute atomic E-state index is 0.00589. The Morgan fingerprint density at radius 2 is 1.69 bits per heavy atom. The Kier molecular flexibility index (Phi) is 4.33. The van der Waals surface area contributed by atoms with Gasteiger partial charge in [-0.1, -0.05) is 61.4 Å². The van der Waals surface area contributed by atoms with E-state index >= 15 is 0 Å². The first kappa shape index (κ1) is 16.6. The van der Waals surface area contributed by atoms with Gasteiger partial charge in [0, 0.05) is 17.3 Å². The summed E-state index contributed by atoms with van der Waals surface area (Å²) in [5, 5.41) is 4.44. The lowest BCUT2D eigenvalue weighted by Crippen LogP contribution is -2.39. The van der Waals surface area contributed by atoms with Crippen LogP contribution in [0.5, 0.6) is 0 Å². The average molecular weight is 346 g/mol. The Bertz CT molecular complexity index is 986. The quantitative estimate of drug-likeness (QED) is 0.755. The molecule has 1 aromatic heterocycles. The maximum absolute atomic E-state index is 12.7. The second-order valence-electron chi connectivity index (χ2n) is 7.14. The summed E-state index contributed by atoms with van der Waals surface area (Å²) in [6, 6.07) is 19.5. The van der Waals surface area contributed by atoms with Crippen LogP contribution in [0.3, 0.4) is 0 Å². The van der Waals surface area contributed by atoms with Crippen LogP contribution in [-0.4, -0.2) is 17.4 Å². The molecule has 26 heavy (non-hydrogen) atoms. The predicted molar refractivity (Wildman–Crippen MR) is 103 cm³/mol. The Hall–Kier alpha value is -2.88. The van der Waals surface area contributed by atoms with Crippen molar-refractivity contribution in [2.45, 2.75) is 31.1 Å². The molecule has 0 saturated heterocycles. The second-order valence-corrected chi connectivity index (χ2v) is 7.14. The summed E-state index contributed by atoms with van der Waals surface area (Å²) in [6.45, 7) is 0.588. The molecular formula is C22H22N2O2. The standard InChI is InChI=1S/C22H22N2O2/c25-20-18-11-5-4-8-16(18)14-19(24-20)21(26)23-15-22(12-6-7-13-22)17-9-2-1-3-10-17/h1-5,8-11,14H,6-7,12-13,15H2,(H,23,26)(H,24,25). The molecule has 1 heterocycles. The van der Waals surface area contributed by atoms with Crippen molar-refractivity contribution in [3.05, 3.63) is 82.3 Å². The molecule has 4 rings (SSSR count). The first-order valence-electron chi connectivity index (χ1n) is 9.14. The fraction of sp³-hybridized carbons (Fsp3) is 0.273. The predicted octanol–water partition coefficient (Wildman–Crippen LogP) is 3.77. The van der Waals surface area contributed by atoms with Crippen molar-refractivity contribution in [2.75, 3.05) is 6.54 Å². The van der Waals surface area contributed by atoms with Crippen molar-refractivity contribution < 1.29 is 4.79 Å². The van der Waals surface area contributed by atoms with Crippen LogP contribution in [0.25, 0.3) is 10.8 Å². The zero-order chi connectivity index (χ0) is 18.0. The topological polar surface area (TPSA) is 62.0 Å². The number of rotatable bonds is 4. The minimum atomic E-state index is -0.230. The largest absolute Gasteiger partial charge is 0.350 e. The van der Waals surface area contributed by atoms with Gasteiger partial charge in [-0.05, 0) is 35.9 Å². The van der Waals surface area contributed by atoms with Gasteiger partial charge in [-0.25, -0.2) is 0 Å². The van der Waals surface area contributed by atoms with Crippen LogP contribution >= 0.6 is 0 Å². The van der Waals surface area contributed by atoms with E-state index in [1.807, 2.05) is 24.3 Å². The van der Waals surface area contributed by atoms with E-state index in [2.05, 4.69) is 34.6 Å². The van der Waals surface area contributed by atoms with Gasteiger partial charge in [-0.3, -0.25) is 9.59 Å². The molecule has 2 aromatic carbocycles. The molecule has 1 amide bonds. The number of hydrogen-bond donors (Lipinski definition) is 2. The molecule has 132 valence electrons. The lowest BCUT2D eigenvalue weighted by molar-refractivity contribution is 0.0938. The normalized spacial score (nSPS) is 15.8. The van der Waals surface area contributed by atoms with E-state index in [1.54, 1.807) is 12.1 Å². The molecule has 0 unspecified atom stereocenters. The lowest BCUT2D eigenvalue weighted by atomic mass is 9.79. The number of aromatic nitrogens is 1. The van der Waals surface area contributed by atoms with Crippen LogP contribution in [-0.2, 0) is 5.41 Å². The van der Waals surface area contributed by atoms with Crippen LogP contribution in [0.15, 0.2) is 65.5 Å². The molecule has 0 atom stereocenters. The number of carbonyl (C=O) groups is 1. The summed E-state index contributed by atoms with van der Waals surface area (Å²) >= 11 is 0. The number of benzene rings is 2. The Morgan fingerprint density at radius 3 is 2.46 bits per heavy atom. The van der Waals surface area contributed by atoms with Crippen molar-refractivity contribution in [2.24, 2.45) is 0 Å². The highest BCUT2D eigenvalue weighted by Gasteiger charge is 2.35. The molecule has 0 radical (unpaired) electrons. The zero-order valence-corrected chi connectivity index (χ0v) is 14.6. The molecule has 1 aliphatic rings. The Labute approximate surface area is 152 Å². The Morgan fingerprint density at radius 1 is 1.00 bits per heavy atom. The van der Waals surface area contributed by atoms with Gasteiger partial charge in [0.15, 0.2) is 0 Å². The smallest absolute Gasteiger partial charge is 0.267 e. The van der Waals surface area contributed by atoms with Gasteiger partial charge in [0.1, 0.15) is 5.69 Å². The lowest BCUT2D eigenvalue weighted by Gasteiger charge is -2.30. The highest BCUT2D eigenvalue weighted by Crippen LogP contribution is 2.40. The maximum Gasteiger partial charge on any atom is 0.267 e. The summed E-state index contributed by atoms with van der Waals surface area (Å²) in [4.78, 5) is 27.6. The summed E-state index contributed by atoms with van der Waals surface area (Å²) in [7, 11) is 0. The van der Waals surface area contributed by atoms with Gasteiger partial charge >= 0.3 is 0 Å². The molecule has 0 spiro atoms. The molecule has 1 fully saturated rings. The number of H-pyrrole nitrogens is 1. The van der Waals surface area contributed by atoms with Crippen LogP contribution in [0.4, 0.5) is 0 Å². The van der Waals surface area contributed by atoms with E-state index in [1.165, 1.54) is 18.4 Å². The SMILES string of the molecule is O=C(NCC1(c2ccccc2)CCCC1)c1cc2ccccc2c(=O)[nH]1. The van der Waals surface area contributed by atoms with Gasteiger partial charge in [0.05, 0.1) is 0 Å². The third kappa shape index (κ3) is 3.03. The zero-order valence-electron chi connectivity index (χ0n) is 14.6. The minimum Gasteiger partial charge on any atom is -0.350 e. The molecule has 4 heteroatoms. The van der Waals surface area contributed by atoms with Crippen LogP contribution < -0.4 is 10.9 Å². The third-order valence-electron chi connectivity index (χ3n) is 5.53. The van der Waals surface area contributed by atoms with Crippen LogP contribution in [0.2, 0.25) is 0 Å². The first-order chi connectivity index (χ1) is 12.7. The molecule has 1 saturated carbocycles.